The minimum Gasteiger partial charge on any atom is -0.492 e. The van der Waals surface area contributed by atoms with Gasteiger partial charge >= 0.3 is 0 Å². The maximum absolute atomic E-state index is 14.5. The third kappa shape index (κ3) is 4.54. The Hall–Kier alpha value is -4.56. The van der Waals surface area contributed by atoms with E-state index in [1.165, 1.54) is 12.1 Å². The molecule has 0 saturated heterocycles. The molecule has 0 amide bonds. The second kappa shape index (κ2) is 9.48. The van der Waals surface area contributed by atoms with E-state index < -0.39 is 0 Å². The summed E-state index contributed by atoms with van der Waals surface area (Å²) in [5.41, 5.74) is 6.98. The molecule has 0 bridgehead atoms. The summed E-state index contributed by atoms with van der Waals surface area (Å²) < 4.78 is 20.3. The van der Waals surface area contributed by atoms with Crippen molar-refractivity contribution in [2.45, 2.75) is 0 Å². The van der Waals surface area contributed by atoms with Gasteiger partial charge in [0, 0.05) is 53.1 Å². The zero-order valence-corrected chi connectivity index (χ0v) is 20.5. The average molecular weight is 493 g/mol. The Bertz CT molecular complexity index is 1710. The minimum atomic E-state index is -0.367. The third-order valence-electron chi connectivity index (χ3n) is 6.33. The molecule has 6 rings (SSSR count). The van der Waals surface area contributed by atoms with Gasteiger partial charge in [-0.3, -0.25) is 15.1 Å². The van der Waals surface area contributed by atoms with E-state index in [1.54, 1.807) is 18.6 Å². The van der Waals surface area contributed by atoms with Gasteiger partial charge < -0.3 is 14.6 Å². The van der Waals surface area contributed by atoms with Crippen molar-refractivity contribution in [1.29, 1.82) is 0 Å². The van der Waals surface area contributed by atoms with E-state index in [1.807, 2.05) is 55.4 Å². The number of H-pyrrole nitrogens is 2. The number of fused-ring (bicyclic) bond motifs is 2. The van der Waals surface area contributed by atoms with Gasteiger partial charge in [-0.25, -0.2) is 4.39 Å². The summed E-state index contributed by atoms with van der Waals surface area (Å²) >= 11 is 0. The monoisotopic (exact) mass is 492 g/mol. The highest BCUT2D eigenvalue weighted by atomic mass is 19.1. The summed E-state index contributed by atoms with van der Waals surface area (Å²) in [4.78, 5) is 14.2. The van der Waals surface area contributed by atoms with Crippen molar-refractivity contribution >= 4 is 21.8 Å². The molecule has 0 radical (unpaired) electrons. The largest absolute Gasteiger partial charge is 0.492 e. The molecule has 0 unspecified atom stereocenters. The van der Waals surface area contributed by atoms with E-state index in [9.17, 15) is 4.39 Å². The molecule has 37 heavy (non-hydrogen) atoms. The van der Waals surface area contributed by atoms with Crippen LogP contribution >= 0.6 is 0 Å². The van der Waals surface area contributed by atoms with Crippen molar-refractivity contribution in [1.82, 2.24) is 30.0 Å². The molecule has 0 aliphatic carbocycles. The van der Waals surface area contributed by atoms with E-state index in [4.69, 9.17) is 4.74 Å². The van der Waals surface area contributed by atoms with Gasteiger partial charge in [-0.15, -0.1) is 0 Å². The van der Waals surface area contributed by atoms with Gasteiger partial charge in [-0.05, 0) is 73.8 Å². The molecule has 184 valence electrons. The van der Waals surface area contributed by atoms with Crippen LogP contribution in [0.2, 0.25) is 0 Å². The maximum Gasteiger partial charge on any atom is 0.127 e. The number of pyridine rings is 2. The number of rotatable bonds is 7. The fraction of sp³-hybridized carbons (Fsp3) is 0.138. The summed E-state index contributed by atoms with van der Waals surface area (Å²) in [7, 11) is 3.94. The van der Waals surface area contributed by atoms with Crippen LogP contribution in [-0.4, -0.2) is 57.3 Å². The fourth-order valence-corrected chi connectivity index (χ4v) is 4.48. The van der Waals surface area contributed by atoms with Crippen molar-refractivity contribution in [3.05, 3.63) is 85.1 Å². The molecular formula is C29H25FN6O. The number of likely N-dealkylation sites (N-methyl/N-ethyl adjacent to an activating group) is 1. The quantitative estimate of drug-likeness (QED) is 0.289. The highest BCUT2D eigenvalue weighted by Gasteiger charge is 2.16. The third-order valence-corrected chi connectivity index (χ3v) is 6.33. The Morgan fingerprint density at radius 1 is 0.811 bits per heavy atom. The number of ether oxygens (including phenoxy) is 1. The molecule has 4 heterocycles. The summed E-state index contributed by atoms with van der Waals surface area (Å²) in [5.74, 6) is 0.113. The van der Waals surface area contributed by atoms with Gasteiger partial charge in [0.25, 0.3) is 0 Å². The molecule has 4 aromatic heterocycles. The van der Waals surface area contributed by atoms with E-state index in [-0.39, 0.29) is 5.82 Å². The molecule has 0 atom stereocenters. The SMILES string of the molecule is CN(C)CCOc1cc(F)cc(-c2nccc3[nH]c(-c4n[nH]c5ccc(-c6ccncc6)cc45)cc23)c1. The fourth-order valence-electron chi connectivity index (χ4n) is 4.48. The Morgan fingerprint density at radius 2 is 1.65 bits per heavy atom. The van der Waals surface area contributed by atoms with E-state index in [0.29, 0.717) is 23.6 Å². The van der Waals surface area contributed by atoms with Gasteiger partial charge in [-0.1, -0.05) is 6.07 Å². The normalized spacial score (nSPS) is 11.6. The zero-order valence-electron chi connectivity index (χ0n) is 20.5. The lowest BCUT2D eigenvalue weighted by Crippen LogP contribution is -2.19. The summed E-state index contributed by atoms with van der Waals surface area (Å²) in [5, 5.41) is 9.61. The lowest BCUT2D eigenvalue weighted by molar-refractivity contribution is 0.260. The smallest absolute Gasteiger partial charge is 0.127 e. The second-order valence-corrected chi connectivity index (χ2v) is 9.20. The minimum absolute atomic E-state index is 0.367. The molecule has 8 heteroatoms. The maximum atomic E-state index is 14.5. The van der Waals surface area contributed by atoms with Gasteiger partial charge in [0.05, 0.1) is 16.9 Å². The Labute approximate surface area is 213 Å². The number of nitrogens with zero attached hydrogens (tertiary/aromatic N) is 4. The van der Waals surface area contributed by atoms with Crippen LogP contribution in [0.3, 0.4) is 0 Å². The number of hydrogen-bond donors (Lipinski definition) is 2. The first-order valence-corrected chi connectivity index (χ1v) is 12.0. The Morgan fingerprint density at radius 3 is 2.49 bits per heavy atom. The molecule has 0 aliphatic heterocycles. The first-order valence-electron chi connectivity index (χ1n) is 12.0. The topological polar surface area (TPSA) is 82.7 Å². The second-order valence-electron chi connectivity index (χ2n) is 9.20. The van der Waals surface area contributed by atoms with Crippen LogP contribution < -0.4 is 4.74 Å². The van der Waals surface area contributed by atoms with Gasteiger partial charge in [0.1, 0.15) is 23.9 Å². The molecule has 2 aromatic carbocycles. The molecule has 2 N–H and O–H groups in total. The van der Waals surface area contributed by atoms with Crippen LogP contribution in [0.25, 0.3) is 55.6 Å². The van der Waals surface area contributed by atoms with Crippen molar-refractivity contribution in [2.75, 3.05) is 27.2 Å². The molecule has 7 nitrogen and oxygen atoms in total. The van der Waals surface area contributed by atoms with Crippen molar-refractivity contribution < 1.29 is 9.13 Å². The van der Waals surface area contributed by atoms with Crippen molar-refractivity contribution in [2.24, 2.45) is 0 Å². The molecular weight excluding hydrogens is 467 g/mol. The van der Waals surface area contributed by atoms with Crippen molar-refractivity contribution in [3.63, 3.8) is 0 Å². The number of hydrogen-bond acceptors (Lipinski definition) is 5. The predicted octanol–water partition coefficient (Wildman–Crippen LogP) is 5.91. The Kier molecular flexibility index (Phi) is 5.86. The van der Waals surface area contributed by atoms with Crippen LogP contribution in [0.5, 0.6) is 5.75 Å². The molecule has 0 fully saturated rings. The van der Waals surface area contributed by atoms with Crippen LogP contribution in [-0.2, 0) is 0 Å². The van der Waals surface area contributed by atoms with Crippen LogP contribution in [0, 0.1) is 5.82 Å². The zero-order chi connectivity index (χ0) is 25.4. The van der Waals surface area contributed by atoms with Crippen molar-refractivity contribution in [3.8, 4) is 39.5 Å². The van der Waals surface area contributed by atoms with E-state index >= 15 is 0 Å². The first-order chi connectivity index (χ1) is 18.0. The number of aromatic amines is 2. The lowest BCUT2D eigenvalue weighted by atomic mass is 10.0. The lowest BCUT2D eigenvalue weighted by Gasteiger charge is -2.12. The first kappa shape index (κ1) is 22.9. The number of benzene rings is 2. The predicted molar refractivity (Wildman–Crippen MR) is 144 cm³/mol. The molecule has 0 saturated carbocycles. The van der Waals surface area contributed by atoms with Gasteiger partial charge in [-0.2, -0.15) is 5.10 Å². The molecule has 6 aromatic rings. The highest BCUT2D eigenvalue weighted by Crippen LogP contribution is 2.35. The standard InChI is InChI=1S/C29H25FN6O/c1-36(2)11-12-37-22-14-20(13-21(30)16-22)28-24-17-27(33-25(24)7-10-32-28)29-23-15-19(3-4-26(23)34-35-29)18-5-8-31-9-6-18/h3-10,13-17,33H,11-12H2,1-2H3,(H,34,35). The molecule has 0 spiro atoms. The number of halogens is 1. The Balaban J connectivity index is 1.41. The summed E-state index contributed by atoms with van der Waals surface area (Å²) in [6, 6.07) is 18.8. The van der Waals surface area contributed by atoms with Gasteiger partial charge in [0.2, 0.25) is 0 Å². The van der Waals surface area contributed by atoms with Crippen LogP contribution in [0.15, 0.2) is 79.3 Å². The van der Waals surface area contributed by atoms with Crippen LogP contribution in [0.4, 0.5) is 4.39 Å². The summed E-state index contributed by atoms with van der Waals surface area (Å²) in [6.45, 7) is 1.21. The molecule has 0 aliphatic rings. The van der Waals surface area contributed by atoms with Crippen LogP contribution in [0.1, 0.15) is 0 Å². The van der Waals surface area contributed by atoms with Gasteiger partial charge in [0.15, 0.2) is 0 Å². The average Bonchev–Trinajstić information content (AvgIpc) is 3.52. The summed E-state index contributed by atoms with van der Waals surface area (Å²) in [6.07, 6.45) is 5.29. The number of aromatic nitrogens is 5. The number of nitrogens with one attached hydrogen (secondary N) is 2. The highest BCUT2D eigenvalue weighted by molar-refractivity contribution is 6.00. The van der Waals surface area contributed by atoms with E-state index in [2.05, 4.69) is 37.3 Å². The van der Waals surface area contributed by atoms with E-state index in [0.717, 1.165) is 50.9 Å².